The van der Waals surface area contributed by atoms with Crippen molar-refractivity contribution in [2.24, 2.45) is 0 Å². The summed E-state index contributed by atoms with van der Waals surface area (Å²) in [5.74, 6) is -0.353. The Balaban J connectivity index is 2.08. The lowest BCUT2D eigenvalue weighted by molar-refractivity contribution is -0.149. The first-order valence-electron chi connectivity index (χ1n) is 7.58. The van der Waals surface area contributed by atoms with Gasteiger partial charge in [-0.1, -0.05) is 12.1 Å². The molecule has 6 nitrogen and oxygen atoms in total. The first-order valence-corrected chi connectivity index (χ1v) is 8.40. The van der Waals surface area contributed by atoms with Gasteiger partial charge in [0.25, 0.3) is 11.1 Å². The number of nitrogens with zero attached hydrogens (tertiary/aromatic N) is 1. The first-order chi connectivity index (χ1) is 11.4. The van der Waals surface area contributed by atoms with Crippen molar-refractivity contribution in [3.63, 3.8) is 0 Å². The average molecular weight is 349 g/mol. The summed E-state index contributed by atoms with van der Waals surface area (Å²) < 4.78 is 10.3. The summed E-state index contributed by atoms with van der Waals surface area (Å²) in [6, 6.07) is 7.18. The second-order valence-corrected chi connectivity index (χ2v) is 6.30. The van der Waals surface area contributed by atoms with Gasteiger partial charge in [-0.2, -0.15) is 0 Å². The van der Waals surface area contributed by atoms with Crippen LogP contribution < -0.4 is 4.74 Å². The molecule has 1 aliphatic rings. The van der Waals surface area contributed by atoms with Crippen LogP contribution in [0.25, 0.3) is 6.08 Å². The molecule has 1 fully saturated rings. The maximum atomic E-state index is 12.3. The molecular weight excluding hydrogens is 330 g/mol. The molecule has 1 saturated heterocycles. The lowest BCUT2D eigenvalue weighted by Gasteiger charge is -2.13. The highest BCUT2D eigenvalue weighted by Crippen LogP contribution is 2.32. The highest BCUT2D eigenvalue weighted by molar-refractivity contribution is 8.18. The van der Waals surface area contributed by atoms with Gasteiger partial charge in [-0.15, -0.1) is 0 Å². The van der Waals surface area contributed by atoms with Gasteiger partial charge in [-0.25, -0.2) is 0 Å². The van der Waals surface area contributed by atoms with E-state index in [1.807, 2.05) is 6.92 Å². The Morgan fingerprint density at radius 2 is 1.92 bits per heavy atom. The predicted molar refractivity (Wildman–Crippen MR) is 91.5 cm³/mol. The van der Waals surface area contributed by atoms with E-state index in [2.05, 4.69) is 0 Å². The largest absolute Gasteiger partial charge is 0.494 e. The number of ether oxygens (including phenoxy) is 2. The van der Waals surface area contributed by atoms with Crippen molar-refractivity contribution in [2.45, 2.75) is 26.9 Å². The summed E-state index contributed by atoms with van der Waals surface area (Å²) in [5.41, 5.74) is 0.772. The fraction of sp³-hybridized carbons (Fsp3) is 0.353. The minimum absolute atomic E-state index is 0.279. The summed E-state index contributed by atoms with van der Waals surface area (Å²) in [6.45, 7) is 5.51. The first kappa shape index (κ1) is 18.1. The number of esters is 1. The maximum Gasteiger partial charge on any atom is 0.326 e. The number of imide groups is 1. The standard InChI is InChI=1S/C17H19NO5S/c1-4-22-13-7-5-12(6-8-13)9-14-16(20)18(17(21)24-14)10-15(19)23-11(2)3/h5-9,11H,4,10H2,1-3H3/b14-9+. The highest BCUT2D eigenvalue weighted by atomic mass is 32.2. The number of hydrogen-bond acceptors (Lipinski definition) is 6. The van der Waals surface area contributed by atoms with E-state index in [9.17, 15) is 14.4 Å². The topological polar surface area (TPSA) is 72.9 Å². The Labute approximate surface area is 144 Å². The number of benzene rings is 1. The lowest BCUT2D eigenvalue weighted by atomic mass is 10.2. The van der Waals surface area contributed by atoms with Crippen molar-refractivity contribution >= 4 is 35.0 Å². The fourth-order valence-electron chi connectivity index (χ4n) is 2.04. The van der Waals surface area contributed by atoms with Crippen LogP contribution in [0.2, 0.25) is 0 Å². The molecule has 2 rings (SSSR count). The second-order valence-electron chi connectivity index (χ2n) is 5.31. The van der Waals surface area contributed by atoms with Crippen molar-refractivity contribution in [3.05, 3.63) is 34.7 Å². The van der Waals surface area contributed by atoms with E-state index in [1.165, 1.54) is 0 Å². The molecule has 0 aliphatic carbocycles. The number of carbonyl (C=O) groups is 3. The van der Waals surface area contributed by atoms with E-state index in [1.54, 1.807) is 44.2 Å². The number of carbonyl (C=O) groups excluding carboxylic acids is 3. The monoisotopic (exact) mass is 349 g/mol. The number of rotatable bonds is 6. The molecule has 1 heterocycles. The van der Waals surface area contributed by atoms with Crippen LogP contribution in [0.1, 0.15) is 26.3 Å². The third-order valence-corrected chi connectivity index (χ3v) is 3.92. The summed E-state index contributed by atoms with van der Waals surface area (Å²) >= 11 is 0.811. The van der Waals surface area contributed by atoms with E-state index in [-0.39, 0.29) is 17.6 Å². The van der Waals surface area contributed by atoms with Crippen LogP contribution in [0.15, 0.2) is 29.2 Å². The molecule has 0 aromatic heterocycles. The van der Waals surface area contributed by atoms with Gasteiger partial charge in [0.15, 0.2) is 0 Å². The van der Waals surface area contributed by atoms with Gasteiger partial charge in [-0.3, -0.25) is 19.3 Å². The summed E-state index contributed by atoms with van der Waals surface area (Å²) in [7, 11) is 0. The minimum Gasteiger partial charge on any atom is -0.494 e. The van der Waals surface area contributed by atoms with Gasteiger partial charge < -0.3 is 9.47 Å². The van der Waals surface area contributed by atoms with E-state index < -0.39 is 17.1 Å². The Morgan fingerprint density at radius 1 is 1.25 bits per heavy atom. The number of hydrogen-bond donors (Lipinski definition) is 0. The summed E-state index contributed by atoms with van der Waals surface area (Å²) in [6.07, 6.45) is 1.32. The molecule has 1 aromatic rings. The Bertz CT molecular complexity index is 666. The van der Waals surface area contributed by atoms with E-state index in [0.29, 0.717) is 6.61 Å². The van der Waals surface area contributed by atoms with Crippen LogP contribution in [0.3, 0.4) is 0 Å². The number of thioether (sulfide) groups is 1. The van der Waals surface area contributed by atoms with Crippen LogP contribution in [-0.4, -0.2) is 41.3 Å². The smallest absolute Gasteiger partial charge is 0.326 e. The van der Waals surface area contributed by atoms with Crippen molar-refractivity contribution in [2.75, 3.05) is 13.2 Å². The quantitative estimate of drug-likeness (QED) is 0.580. The van der Waals surface area contributed by atoms with Crippen molar-refractivity contribution in [1.29, 1.82) is 0 Å². The third kappa shape index (κ3) is 4.61. The molecular formula is C17H19NO5S. The molecule has 0 atom stereocenters. The molecule has 0 bridgehead atoms. The van der Waals surface area contributed by atoms with Gasteiger partial charge in [0.05, 0.1) is 17.6 Å². The molecule has 0 N–H and O–H groups in total. The van der Waals surface area contributed by atoms with Crippen LogP contribution in [0.5, 0.6) is 5.75 Å². The van der Waals surface area contributed by atoms with Gasteiger partial charge in [0.2, 0.25) is 0 Å². The number of amides is 2. The molecule has 0 radical (unpaired) electrons. The molecule has 0 saturated carbocycles. The normalized spacial score (nSPS) is 16.2. The second kappa shape index (κ2) is 8.01. The average Bonchev–Trinajstić information content (AvgIpc) is 2.76. The lowest BCUT2D eigenvalue weighted by Crippen LogP contribution is -2.35. The maximum absolute atomic E-state index is 12.3. The molecule has 0 unspecified atom stereocenters. The van der Waals surface area contributed by atoms with Crippen LogP contribution in [-0.2, 0) is 14.3 Å². The Morgan fingerprint density at radius 3 is 2.50 bits per heavy atom. The molecule has 1 aliphatic heterocycles. The molecule has 1 aromatic carbocycles. The van der Waals surface area contributed by atoms with E-state index in [4.69, 9.17) is 9.47 Å². The van der Waals surface area contributed by atoms with Gasteiger partial charge in [0, 0.05) is 0 Å². The van der Waals surface area contributed by atoms with E-state index >= 15 is 0 Å². The predicted octanol–water partition coefficient (Wildman–Crippen LogP) is 3.07. The van der Waals surface area contributed by atoms with Crippen LogP contribution >= 0.6 is 11.8 Å². The molecule has 2 amide bonds. The summed E-state index contributed by atoms with van der Waals surface area (Å²) in [4.78, 5) is 37.1. The molecule has 128 valence electrons. The van der Waals surface area contributed by atoms with Gasteiger partial charge in [-0.05, 0) is 56.3 Å². The fourth-order valence-corrected chi connectivity index (χ4v) is 2.88. The zero-order valence-electron chi connectivity index (χ0n) is 13.8. The zero-order chi connectivity index (χ0) is 17.7. The molecule has 7 heteroatoms. The van der Waals surface area contributed by atoms with Crippen molar-refractivity contribution < 1.29 is 23.9 Å². The molecule has 0 spiro atoms. The minimum atomic E-state index is -0.602. The van der Waals surface area contributed by atoms with Crippen LogP contribution in [0.4, 0.5) is 4.79 Å². The third-order valence-electron chi connectivity index (χ3n) is 3.02. The summed E-state index contributed by atoms with van der Waals surface area (Å²) in [5, 5.41) is -0.474. The van der Waals surface area contributed by atoms with Gasteiger partial charge in [0.1, 0.15) is 12.3 Å². The Hall–Kier alpha value is -2.28. The van der Waals surface area contributed by atoms with Crippen molar-refractivity contribution in [3.8, 4) is 5.75 Å². The SMILES string of the molecule is CCOc1ccc(/C=C2/SC(=O)N(CC(=O)OC(C)C)C2=O)cc1. The zero-order valence-corrected chi connectivity index (χ0v) is 14.6. The van der Waals surface area contributed by atoms with Crippen molar-refractivity contribution in [1.82, 2.24) is 4.90 Å². The van der Waals surface area contributed by atoms with Crippen LogP contribution in [0, 0.1) is 0 Å². The van der Waals surface area contributed by atoms with E-state index in [0.717, 1.165) is 28.0 Å². The highest BCUT2D eigenvalue weighted by Gasteiger charge is 2.36. The Kier molecular flexibility index (Phi) is 6.03. The molecule has 24 heavy (non-hydrogen) atoms. The van der Waals surface area contributed by atoms with Gasteiger partial charge >= 0.3 is 5.97 Å².